The molecule has 2 rings (SSSR count). The lowest BCUT2D eigenvalue weighted by Crippen LogP contribution is -2.18. The molecule has 0 amide bonds. The third kappa shape index (κ3) is 5.18. The highest BCUT2D eigenvalue weighted by atomic mass is 32.2. The van der Waals surface area contributed by atoms with Gasteiger partial charge in [-0.1, -0.05) is 0 Å². The normalized spacial score (nSPS) is 17.6. The van der Waals surface area contributed by atoms with E-state index in [9.17, 15) is 23.3 Å². The summed E-state index contributed by atoms with van der Waals surface area (Å²) in [6.45, 7) is 0.838. The number of nitro groups is 1. The highest BCUT2D eigenvalue weighted by Crippen LogP contribution is 2.31. The molecule has 1 fully saturated rings. The Morgan fingerprint density at radius 2 is 2.25 bits per heavy atom. The van der Waals surface area contributed by atoms with E-state index >= 15 is 0 Å². The van der Waals surface area contributed by atoms with Crippen molar-refractivity contribution in [1.82, 2.24) is 0 Å². The highest BCUT2D eigenvalue weighted by Gasteiger charge is 2.21. The van der Waals surface area contributed by atoms with Gasteiger partial charge in [-0.3, -0.25) is 14.9 Å². The smallest absolute Gasteiger partial charge is 0.316 e. The zero-order valence-corrected chi connectivity index (χ0v) is 14.6. The summed E-state index contributed by atoms with van der Waals surface area (Å²) in [6, 6.07) is 3.60. The second-order valence-electron chi connectivity index (χ2n) is 5.27. The SMILES string of the molecule is CS(=O)(=O)c1ccc(SCC(=O)OCC2CCCO2)c([N+](=O)[O-])c1. The second-order valence-corrected chi connectivity index (χ2v) is 8.30. The summed E-state index contributed by atoms with van der Waals surface area (Å²) in [7, 11) is -3.54. The van der Waals surface area contributed by atoms with Crippen molar-refractivity contribution in [3.05, 3.63) is 28.3 Å². The van der Waals surface area contributed by atoms with Crippen molar-refractivity contribution in [3.63, 3.8) is 0 Å². The molecule has 1 saturated heterocycles. The van der Waals surface area contributed by atoms with E-state index in [4.69, 9.17) is 9.47 Å². The first kappa shape index (κ1) is 18.7. The van der Waals surface area contributed by atoms with E-state index in [2.05, 4.69) is 0 Å². The molecule has 0 bridgehead atoms. The van der Waals surface area contributed by atoms with Gasteiger partial charge in [0.15, 0.2) is 9.84 Å². The molecule has 1 aliphatic heterocycles. The van der Waals surface area contributed by atoms with E-state index in [1.54, 1.807) is 0 Å². The fraction of sp³-hybridized carbons (Fsp3) is 0.500. The Balaban J connectivity index is 1.98. The van der Waals surface area contributed by atoms with Crippen molar-refractivity contribution < 1.29 is 27.6 Å². The van der Waals surface area contributed by atoms with Crippen LogP contribution in [0, 0.1) is 10.1 Å². The Hall–Kier alpha value is -1.65. The topological polar surface area (TPSA) is 113 Å². The predicted molar refractivity (Wildman–Crippen MR) is 86.9 cm³/mol. The molecule has 1 aromatic carbocycles. The summed E-state index contributed by atoms with van der Waals surface area (Å²) < 4.78 is 33.4. The molecular weight excluding hydrogens is 358 g/mol. The quantitative estimate of drug-likeness (QED) is 0.307. The van der Waals surface area contributed by atoms with Crippen LogP contribution in [0.25, 0.3) is 0 Å². The maximum absolute atomic E-state index is 11.7. The van der Waals surface area contributed by atoms with Crippen molar-refractivity contribution in [3.8, 4) is 0 Å². The summed E-state index contributed by atoms with van der Waals surface area (Å²) in [6.07, 6.45) is 2.68. The van der Waals surface area contributed by atoms with E-state index in [-0.39, 0.29) is 33.9 Å². The van der Waals surface area contributed by atoms with Gasteiger partial charge in [-0.2, -0.15) is 0 Å². The average molecular weight is 375 g/mol. The van der Waals surface area contributed by atoms with Crippen LogP contribution in [0.5, 0.6) is 0 Å². The van der Waals surface area contributed by atoms with E-state index in [0.717, 1.165) is 36.9 Å². The fourth-order valence-electron chi connectivity index (χ4n) is 2.13. The zero-order chi connectivity index (χ0) is 17.7. The van der Waals surface area contributed by atoms with Crippen LogP contribution in [0.4, 0.5) is 5.69 Å². The summed E-state index contributed by atoms with van der Waals surface area (Å²) in [5.41, 5.74) is -0.352. The molecular formula is C14H17NO7S2. The standard InChI is InChI=1S/C14H17NO7S2/c1-24(19,20)11-4-5-13(12(7-11)15(17)18)23-9-14(16)22-8-10-3-2-6-21-10/h4-5,7,10H,2-3,6,8-9H2,1H3. The number of esters is 1. The van der Waals surface area contributed by atoms with Crippen molar-refractivity contribution in [1.29, 1.82) is 0 Å². The monoisotopic (exact) mass is 375 g/mol. The predicted octanol–water partition coefficient (Wildman–Crippen LogP) is 1.81. The van der Waals surface area contributed by atoms with Crippen LogP contribution < -0.4 is 0 Å². The van der Waals surface area contributed by atoms with Gasteiger partial charge in [-0.25, -0.2) is 8.42 Å². The molecule has 0 aromatic heterocycles. The van der Waals surface area contributed by atoms with Gasteiger partial charge in [0.2, 0.25) is 0 Å². The Morgan fingerprint density at radius 3 is 2.83 bits per heavy atom. The largest absolute Gasteiger partial charge is 0.462 e. The first-order chi connectivity index (χ1) is 11.3. The van der Waals surface area contributed by atoms with Gasteiger partial charge in [0, 0.05) is 18.9 Å². The van der Waals surface area contributed by atoms with Crippen molar-refractivity contribution >= 4 is 33.3 Å². The van der Waals surface area contributed by atoms with E-state index < -0.39 is 20.7 Å². The Morgan fingerprint density at radius 1 is 1.50 bits per heavy atom. The third-order valence-corrected chi connectivity index (χ3v) is 5.50. The second kappa shape index (κ2) is 7.95. The third-order valence-electron chi connectivity index (χ3n) is 3.35. The minimum Gasteiger partial charge on any atom is -0.462 e. The Labute approximate surface area is 143 Å². The summed E-state index contributed by atoms with van der Waals surface area (Å²) in [4.78, 5) is 22.2. The van der Waals surface area contributed by atoms with E-state index in [1.807, 2.05) is 0 Å². The minimum absolute atomic E-state index is 0.0812. The number of ether oxygens (including phenoxy) is 2. The van der Waals surface area contributed by atoms with Crippen LogP contribution >= 0.6 is 11.8 Å². The molecule has 1 atom stereocenters. The number of nitrogens with zero attached hydrogens (tertiary/aromatic N) is 1. The van der Waals surface area contributed by atoms with Gasteiger partial charge >= 0.3 is 5.97 Å². The number of sulfone groups is 1. The number of hydrogen-bond acceptors (Lipinski definition) is 8. The molecule has 1 unspecified atom stereocenters. The molecule has 1 aromatic rings. The van der Waals surface area contributed by atoms with Gasteiger partial charge in [0.05, 0.1) is 26.6 Å². The molecule has 24 heavy (non-hydrogen) atoms. The Bertz CT molecular complexity index is 727. The van der Waals surface area contributed by atoms with Gasteiger partial charge < -0.3 is 9.47 Å². The molecule has 0 aliphatic carbocycles. The molecule has 1 aliphatic rings. The first-order valence-electron chi connectivity index (χ1n) is 7.16. The Kier molecular flexibility index (Phi) is 6.19. The van der Waals surface area contributed by atoms with Crippen molar-refractivity contribution in [2.24, 2.45) is 0 Å². The lowest BCUT2D eigenvalue weighted by molar-refractivity contribution is -0.388. The van der Waals surface area contributed by atoms with E-state index in [0.29, 0.717) is 6.61 Å². The molecule has 132 valence electrons. The van der Waals surface area contributed by atoms with Crippen LogP contribution in [0.2, 0.25) is 0 Å². The lowest BCUT2D eigenvalue weighted by Gasteiger charge is -2.10. The molecule has 0 radical (unpaired) electrons. The van der Waals surface area contributed by atoms with Gasteiger partial charge in [-0.15, -0.1) is 11.8 Å². The zero-order valence-electron chi connectivity index (χ0n) is 13.0. The molecule has 1 heterocycles. The maximum atomic E-state index is 11.7. The van der Waals surface area contributed by atoms with Crippen LogP contribution in [0.1, 0.15) is 12.8 Å². The average Bonchev–Trinajstić information content (AvgIpc) is 3.03. The molecule has 10 heteroatoms. The summed E-state index contributed by atoms with van der Waals surface area (Å²) in [5.74, 6) is -0.608. The summed E-state index contributed by atoms with van der Waals surface area (Å²) >= 11 is 0.933. The fourth-order valence-corrected chi connectivity index (χ4v) is 3.58. The van der Waals surface area contributed by atoms with Crippen molar-refractivity contribution in [2.75, 3.05) is 25.2 Å². The molecule has 0 spiro atoms. The first-order valence-corrected chi connectivity index (χ1v) is 10.0. The van der Waals surface area contributed by atoms with Crippen LogP contribution in [-0.2, 0) is 24.1 Å². The number of rotatable bonds is 7. The van der Waals surface area contributed by atoms with Gasteiger partial charge in [0.25, 0.3) is 5.69 Å². The number of carbonyl (C=O) groups is 1. The number of benzene rings is 1. The van der Waals surface area contributed by atoms with Gasteiger partial charge in [-0.05, 0) is 25.0 Å². The minimum atomic E-state index is -3.54. The lowest BCUT2D eigenvalue weighted by atomic mass is 10.2. The van der Waals surface area contributed by atoms with Crippen LogP contribution in [-0.4, -0.2) is 50.6 Å². The number of nitro benzene ring substituents is 1. The van der Waals surface area contributed by atoms with Crippen molar-refractivity contribution in [2.45, 2.75) is 28.7 Å². The van der Waals surface area contributed by atoms with Crippen LogP contribution in [0.15, 0.2) is 28.0 Å². The van der Waals surface area contributed by atoms with Crippen LogP contribution in [0.3, 0.4) is 0 Å². The molecule has 0 saturated carbocycles. The maximum Gasteiger partial charge on any atom is 0.316 e. The number of thioether (sulfide) groups is 1. The molecule has 8 nitrogen and oxygen atoms in total. The highest BCUT2D eigenvalue weighted by molar-refractivity contribution is 8.00. The van der Waals surface area contributed by atoms with Gasteiger partial charge in [0.1, 0.15) is 6.61 Å². The molecule has 0 N–H and O–H groups in total. The number of hydrogen-bond donors (Lipinski definition) is 0. The van der Waals surface area contributed by atoms with E-state index in [1.165, 1.54) is 12.1 Å². The number of carbonyl (C=O) groups excluding carboxylic acids is 1. The summed E-state index contributed by atoms with van der Waals surface area (Å²) in [5, 5.41) is 11.1.